The molecule has 1 aliphatic heterocycles. The maximum absolute atomic E-state index is 3.78. The Morgan fingerprint density at radius 3 is 2.50 bits per heavy atom. The molecule has 0 bridgehead atoms. The van der Waals surface area contributed by atoms with E-state index in [2.05, 4.69) is 24.2 Å². The molecular weight excluding hydrogens is 196 g/mol. The molecule has 0 aromatic carbocycles. The van der Waals surface area contributed by atoms with E-state index in [4.69, 9.17) is 0 Å². The summed E-state index contributed by atoms with van der Waals surface area (Å²) in [6.07, 6.45) is 10.0. The van der Waals surface area contributed by atoms with E-state index in [-0.39, 0.29) is 0 Å². The highest BCUT2D eigenvalue weighted by atomic mass is 15.2. The first-order chi connectivity index (χ1) is 7.77. The lowest BCUT2D eigenvalue weighted by atomic mass is 9.98. The minimum Gasteiger partial charge on any atom is -0.312 e. The first-order valence-corrected chi connectivity index (χ1v) is 7.21. The standard InChI is InChI=1S/C14H28N2/c1-12(13-7-3-4-8-13)15-11-14-9-5-6-10-16(14)2/h12-15H,3-11H2,1-2H3/t12-,14?/m0/s1. The van der Waals surface area contributed by atoms with Gasteiger partial charge in [-0.15, -0.1) is 0 Å². The Morgan fingerprint density at radius 2 is 1.81 bits per heavy atom. The number of nitrogens with one attached hydrogen (secondary N) is 1. The summed E-state index contributed by atoms with van der Waals surface area (Å²) in [4.78, 5) is 2.54. The van der Waals surface area contributed by atoms with Crippen LogP contribution in [-0.4, -0.2) is 37.1 Å². The predicted molar refractivity (Wildman–Crippen MR) is 69.7 cm³/mol. The molecule has 0 spiro atoms. The molecule has 1 heterocycles. The van der Waals surface area contributed by atoms with Crippen LogP contribution in [0.3, 0.4) is 0 Å². The van der Waals surface area contributed by atoms with Crippen LogP contribution in [0.25, 0.3) is 0 Å². The molecule has 2 fully saturated rings. The summed E-state index contributed by atoms with van der Waals surface area (Å²) in [5.74, 6) is 0.953. The van der Waals surface area contributed by atoms with Gasteiger partial charge in [-0.25, -0.2) is 0 Å². The molecule has 2 rings (SSSR count). The predicted octanol–water partition coefficient (Wildman–Crippen LogP) is 2.64. The average Bonchev–Trinajstić information content (AvgIpc) is 2.81. The van der Waals surface area contributed by atoms with Gasteiger partial charge >= 0.3 is 0 Å². The smallest absolute Gasteiger partial charge is 0.0217 e. The molecule has 0 amide bonds. The van der Waals surface area contributed by atoms with Crippen molar-refractivity contribution in [1.82, 2.24) is 10.2 Å². The Balaban J connectivity index is 1.69. The van der Waals surface area contributed by atoms with Gasteiger partial charge in [0.15, 0.2) is 0 Å². The van der Waals surface area contributed by atoms with Gasteiger partial charge in [-0.1, -0.05) is 19.3 Å². The molecular formula is C14H28N2. The van der Waals surface area contributed by atoms with Crippen molar-refractivity contribution in [1.29, 1.82) is 0 Å². The second-order valence-corrected chi connectivity index (χ2v) is 5.87. The molecule has 2 atom stereocenters. The molecule has 1 saturated carbocycles. The lowest BCUT2D eigenvalue weighted by molar-refractivity contribution is 0.174. The van der Waals surface area contributed by atoms with Gasteiger partial charge < -0.3 is 10.2 Å². The van der Waals surface area contributed by atoms with Crippen LogP contribution in [0.5, 0.6) is 0 Å². The van der Waals surface area contributed by atoms with Crippen LogP contribution in [0.2, 0.25) is 0 Å². The highest BCUT2D eigenvalue weighted by Gasteiger charge is 2.23. The lowest BCUT2D eigenvalue weighted by Crippen LogP contribution is -2.46. The third-order valence-electron chi connectivity index (χ3n) is 4.70. The average molecular weight is 224 g/mol. The van der Waals surface area contributed by atoms with Gasteiger partial charge in [0.2, 0.25) is 0 Å². The molecule has 1 unspecified atom stereocenters. The maximum atomic E-state index is 3.78. The Bertz CT molecular complexity index is 199. The minimum atomic E-state index is 0.734. The van der Waals surface area contributed by atoms with E-state index >= 15 is 0 Å². The highest BCUT2D eigenvalue weighted by molar-refractivity contribution is 4.81. The third-order valence-corrected chi connectivity index (χ3v) is 4.70. The van der Waals surface area contributed by atoms with Gasteiger partial charge in [-0.2, -0.15) is 0 Å². The lowest BCUT2D eigenvalue weighted by Gasteiger charge is -2.34. The first kappa shape index (κ1) is 12.4. The summed E-state index contributed by atoms with van der Waals surface area (Å²) in [5.41, 5.74) is 0. The molecule has 0 aromatic rings. The number of likely N-dealkylation sites (tertiary alicyclic amines) is 1. The zero-order chi connectivity index (χ0) is 11.4. The zero-order valence-corrected chi connectivity index (χ0v) is 11.0. The summed E-state index contributed by atoms with van der Waals surface area (Å²) in [6, 6.07) is 1.52. The van der Waals surface area contributed by atoms with Crippen LogP contribution in [0.15, 0.2) is 0 Å². The van der Waals surface area contributed by atoms with Crippen LogP contribution in [0.1, 0.15) is 51.9 Å². The first-order valence-electron chi connectivity index (χ1n) is 7.21. The SMILES string of the molecule is C[C@H](NCC1CCCCN1C)C1CCCC1. The van der Waals surface area contributed by atoms with Crippen molar-refractivity contribution in [2.75, 3.05) is 20.1 Å². The summed E-state index contributed by atoms with van der Waals surface area (Å²) in [5, 5.41) is 3.78. The largest absolute Gasteiger partial charge is 0.312 e. The van der Waals surface area contributed by atoms with E-state index < -0.39 is 0 Å². The van der Waals surface area contributed by atoms with Crippen LogP contribution < -0.4 is 5.32 Å². The summed E-state index contributed by atoms with van der Waals surface area (Å²) in [6.45, 7) is 4.89. The normalized spacial score (nSPS) is 30.8. The second-order valence-electron chi connectivity index (χ2n) is 5.87. The number of piperidine rings is 1. The van der Waals surface area contributed by atoms with Crippen molar-refractivity contribution in [3.8, 4) is 0 Å². The van der Waals surface area contributed by atoms with Gasteiger partial charge in [0, 0.05) is 18.6 Å². The van der Waals surface area contributed by atoms with E-state index in [0.29, 0.717) is 0 Å². The Hall–Kier alpha value is -0.0800. The van der Waals surface area contributed by atoms with Gasteiger partial charge in [0.1, 0.15) is 0 Å². The van der Waals surface area contributed by atoms with E-state index in [1.807, 2.05) is 0 Å². The van der Waals surface area contributed by atoms with Crippen molar-refractivity contribution in [3.63, 3.8) is 0 Å². The monoisotopic (exact) mass is 224 g/mol. The number of hydrogen-bond donors (Lipinski definition) is 1. The number of rotatable bonds is 4. The van der Waals surface area contributed by atoms with Crippen LogP contribution in [0, 0.1) is 5.92 Å². The number of nitrogens with zero attached hydrogens (tertiary/aromatic N) is 1. The molecule has 0 aromatic heterocycles. The number of hydrogen-bond acceptors (Lipinski definition) is 2. The maximum Gasteiger partial charge on any atom is 0.0217 e. The molecule has 0 radical (unpaired) electrons. The Morgan fingerprint density at radius 1 is 1.12 bits per heavy atom. The van der Waals surface area contributed by atoms with Gasteiger partial charge in [-0.3, -0.25) is 0 Å². The molecule has 2 heteroatoms. The second kappa shape index (κ2) is 6.02. The van der Waals surface area contributed by atoms with Crippen molar-refractivity contribution >= 4 is 0 Å². The highest BCUT2D eigenvalue weighted by Crippen LogP contribution is 2.27. The molecule has 1 aliphatic carbocycles. The number of likely N-dealkylation sites (N-methyl/N-ethyl adjacent to an activating group) is 1. The summed E-state index contributed by atoms with van der Waals surface area (Å²) < 4.78 is 0. The zero-order valence-electron chi connectivity index (χ0n) is 11.0. The molecule has 1 saturated heterocycles. The Labute approximate surface area is 101 Å². The third kappa shape index (κ3) is 3.21. The fourth-order valence-electron chi connectivity index (χ4n) is 3.35. The summed E-state index contributed by atoms with van der Waals surface area (Å²) >= 11 is 0. The van der Waals surface area contributed by atoms with E-state index in [0.717, 1.165) is 18.0 Å². The molecule has 16 heavy (non-hydrogen) atoms. The van der Waals surface area contributed by atoms with E-state index in [1.54, 1.807) is 0 Å². The molecule has 1 N–H and O–H groups in total. The van der Waals surface area contributed by atoms with E-state index in [9.17, 15) is 0 Å². The van der Waals surface area contributed by atoms with E-state index in [1.165, 1.54) is 58.0 Å². The molecule has 2 nitrogen and oxygen atoms in total. The topological polar surface area (TPSA) is 15.3 Å². The van der Waals surface area contributed by atoms with Crippen molar-refractivity contribution < 1.29 is 0 Å². The Kier molecular flexibility index (Phi) is 4.66. The van der Waals surface area contributed by atoms with Crippen molar-refractivity contribution in [2.45, 2.75) is 64.0 Å². The van der Waals surface area contributed by atoms with Gasteiger partial charge in [0.25, 0.3) is 0 Å². The van der Waals surface area contributed by atoms with Crippen molar-refractivity contribution in [2.24, 2.45) is 5.92 Å². The quantitative estimate of drug-likeness (QED) is 0.790. The molecule has 2 aliphatic rings. The van der Waals surface area contributed by atoms with Crippen LogP contribution in [0.4, 0.5) is 0 Å². The molecule has 94 valence electrons. The van der Waals surface area contributed by atoms with Crippen LogP contribution in [-0.2, 0) is 0 Å². The van der Waals surface area contributed by atoms with Crippen molar-refractivity contribution in [3.05, 3.63) is 0 Å². The summed E-state index contributed by atoms with van der Waals surface area (Å²) in [7, 11) is 2.28. The minimum absolute atomic E-state index is 0.734. The fourth-order valence-corrected chi connectivity index (χ4v) is 3.35. The fraction of sp³-hybridized carbons (Fsp3) is 1.00. The van der Waals surface area contributed by atoms with Crippen LogP contribution >= 0.6 is 0 Å². The van der Waals surface area contributed by atoms with Gasteiger partial charge in [0.05, 0.1) is 0 Å². The van der Waals surface area contributed by atoms with Gasteiger partial charge in [-0.05, 0) is 52.1 Å².